The molecule has 0 heterocycles. The van der Waals surface area contributed by atoms with E-state index in [0.717, 1.165) is 0 Å². The molecule has 0 rings (SSSR count). The minimum atomic E-state index is -1.09. The second-order valence-corrected chi connectivity index (χ2v) is 4.40. The molecule has 0 radical (unpaired) electrons. The fourth-order valence-electron chi connectivity index (χ4n) is 1.49. The Balaban J connectivity index is 4.49. The average Bonchev–Trinajstić information content (AvgIpc) is 2.27. The highest BCUT2D eigenvalue weighted by molar-refractivity contribution is 5.82. The van der Waals surface area contributed by atoms with Gasteiger partial charge < -0.3 is 25.5 Å². The van der Waals surface area contributed by atoms with Gasteiger partial charge in [0.15, 0.2) is 0 Å². The molecule has 0 unspecified atom stereocenters. The largest absolute Gasteiger partial charge is 0.480 e. The van der Waals surface area contributed by atoms with Gasteiger partial charge in [0.2, 0.25) is 0 Å². The summed E-state index contributed by atoms with van der Waals surface area (Å²) in [6.45, 7) is 3.36. The summed E-state index contributed by atoms with van der Waals surface area (Å²) in [5.41, 5.74) is 0. The molecule has 18 heavy (non-hydrogen) atoms. The number of nitrogens with zero attached hydrogens (tertiary/aromatic N) is 1. The van der Waals surface area contributed by atoms with Crippen LogP contribution in [0.5, 0.6) is 0 Å². The molecule has 0 aliphatic heterocycles. The Kier molecular flexibility index (Phi) is 8.06. The highest BCUT2D eigenvalue weighted by Crippen LogP contribution is 2.05. The number of urea groups is 1. The number of amides is 2. The lowest BCUT2D eigenvalue weighted by Gasteiger charge is -2.24. The van der Waals surface area contributed by atoms with Gasteiger partial charge in [-0.25, -0.2) is 9.59 Å². The van der Waals surface area contributed by atoms with Crippen molar-refractivity contribution in [2.24, 2.45) is 5.92 Å². The maximum Gasteiger partial charge on any atom is 0.326 e. The number of hydrogen-bond acceptors (Lipinski definition) is 4. The smallest absolute Gasteiger partial charge is 0.326 e. The van der Waals surface area contributed by atoms with Gasteiger partial charge in [0.1, 0.15) is 6.04 Å². The highest BCUT2D eigenvalue weighted by Gasteiger charge is 2.23. The van der Waals surface area contributed by atoms with E-state index < -0.39 is 18.0 Å². The lowest BCUT2D eigenvalue weighted by Crippen LogP contribution is -2.49. The molecule has 7 heteroatoms. The van der Waals surface area contributed by atoms with Crippen LogP contribution < -0.4 is 5.32 Å². The zero-order chi connectivity index (χ0) is 14.1. The van der Waals surface area contributed by atoms with Crippen molar-refractivity contribution in [3.05, 3.63) is 0 Å². The van der Waals surface area contributed by atoms with E-state index in [1.165, 1.54) is 4.90 Å². The van der Waals surface area contributed by atoms with Crippen molar-refractivity contribution in [2.45, 2.75) is 26.3 Å². The average molecular weight is 262 g/mol. The molecule has 0 saturated heterocycles. The molecular formula is C11H22N2O5. The third-order valence-corrected chi connectivity index (χ3v) is 2.33. The topological polar surface area (TPSA) is 110 Å². The first-order chi connectivity index (χ1) is 8.42. The van der Waals surface area contributed by atoms with Gasteiger partial charge in [-0.2, -0.15) is 0 Å². The van der Waals surface area contributed by atoms with E-state index in [1.54, 1.807) is 0 Å². The summed E-state index contributed by atoms with van der Waals surface area (Å²) in [6, 6.07) is -1.55. The van der Waals surface area contributed by atoms with Crippen molar-refractivity contribution in [3.8, 4) is 0 Å². The van der Waals surface area contributed by atoms with Crippen LogP contribution in [-0.2, 0) is 4.79 Å². The fraction of sp³-hybridized carbons (Fsp3) is 0.818. The van der Waals surface area contributed by atoms with Crippen molar-refractivity contribution in [1.29, 1.82) is 0 Å². The predicted octanol–water partition coefficient (Wildman–Crippen LogP) is -0.518. The summed E-state index contributed by atoms with van der Waals surface area (Å²) < 4.78 is 0. The number of aliphatic hydroxyl groups excluding tert-OH is 2. The number of rotatable bonds is 8. The molecule has 0 fully saturated rings. The Morgan fingerprint density at radius 3 is 2.00 bits per heavy atom. The van der Waals surface area contributed by atoms with E-state index >= 15 is 0 Å². The Bertz CT molecular complexity index is 264. The lowest BCUT2D eigenvalue weighted by atomic mass is 10.0. The van der Waals surface area contributed by atoms with E-state index in [0.29, 0.717) is 6.42 Å². The van der Waals surface area contributed by atoms with Crippen molar-refractivity contribution in [2.75, 3.05) is 26.3 Å². The Morgan fingerprint density at radius 1 is 1.17 bits per heavy atom. The van der Waals surface area contributed by atoms with Crippen LogP contribution in [0.4, 0.5) is 4.79 Å². The van der Waals surface area contributed by atoms with Crippen molar-refractivity contribution in [3.63, 3.8) is 0 Å². The number of carbonyl (C=O) groups excluding carboxylic acids is 1. The number of carbonyl (C=O) groups is 2. The van der Waals surface area contributed by atoms with Gasteiger partial charge in [-0.15, -0.1) is 0 Å². The molecule has 0 bridgehead atoms. The van der Waals surface area contributed by atoms with Crippen LogP contribution >= 0.6 is 0 Å². The summed E-state index contributed by atoms with van der Waals surface area (Å²) in [5.74, 6) is -0.958. The Labute approximate surface area is 106 Å². The molecule has 0 spiro atoms. The van der Waals surface area contributed by atoms with E-state index in [4.69, 9.17) is 15.3 Å². The van der Waals surface area contributed by atoms with Crippen LogP contribution in [0, 0.1) is 5.92 Å². The highest BCUT2D eigenvalue weighted by atomic mass is 16.4. The Morgan fingerprint density at radius 2 is 1.67 bits per heavy atom. The molecule has 4 N–H and O–H groups in total. The van der Waals surface area contributed by atoms with Gasteiger partial charge in [-0.3, -0.25) is 0 Å². The number of aliphatic carboxylic acids is 1. The summed E-state index contributed by atoms with van der Waals surface area (Å²) in [6.07, 6.45) is 0.327. The third kappa shape index (κ3) is 6.41. The van der Waals surface area contributed by atoms with Gasteiger partial charge in [0.05, 0.1) is 13.2 Å². The maximum atomic E-state index is 11.7. The summed E-state index contributed by atoms with van der Waals surface area (Å²) in [5, 5.41) is 28.9. The minimum absolute atomic E-state index is 0.0560. The molecule has 0 aromatic heterocycles. The first-order valence-corrected chi connectivity index (χ1v) is 5.92. The predicted molar refractivity (Wildman–Crippen MR) is 65.2 cm³/mol. The zero-order valence-electron chi connectivity index (χ0n) is 10.8. The molecule has 0 aliphatic carbocycles. The molecule has 0 aromatic carbocycles. The van der Waals surface area contributed by atoms with E-state index in [2.05, 4.69) is 5.32 Å². The summed E-state index contributed by atoms with van der Waals surface area (Å²) >= 11 is 0. The van der Waals surface area contributed by atoms with E-state index in [9.17, 15) is 9.59 Å². The molecule has 0 aromatic rings. The van der Waals surface area contributed by atoms with Crippen LogP contribution in [0.15, 0.2) is 0 Å². The van der Waals surface area contributed by atoms with Gasteiger partial charge >= 0.3 is 12.0 Å². The van der Waals surface area contributed by atoms with Crippen molar-refractivity contribution in [1.82, 2.24) is 10.2 Å². The van der Waals surface area contributed by atoms with Crippen LogP contribution in [-0.4, -0.2) is 64.6 Å². The number of carboxylic acid groups (broad SMARTS) is 1. The van der Waals surface area contributed by atoms with Gasteiger partial charge in [-0.1, -0.05) is 13.8 Å². The lowest BCUT2D eigenvalue weighted by molar-refractivity contribution is -0.139. The van der Waals surface area contributed by atoms with Crippen LogP contribution in [0.1, 0.15) is 20.3 Å². The molecule has 106 valence electrons. The quantitative estimate of drug-likeness (QED) is 0.470. The van der Waals surface area contributed by atoms with Crippen LogP contribution in [0.25, 0.3) is 0 Å². The molecule has 0 saturated carbocycles. The maximum absolute atomic E-state index is 11.7. The summed E-state index contributed by atoms with van der Waals surface area (Å²) in [4.78, 5) is 23.9. The second-order valence-electron chi connectivity index (χ2n) is 4.40. The van der Waals surface area contributed by atoms with E-state index in [-0.39, 0.29) is 32.2 Å². The fourth-order valence-corrected chi connectivity index (χ4v) is 1.49. The second kappa shape index (κ2) is 8.71. The van der Waals surface area contributed by atoms with E-state index in [1.807, 2.05) is 13.8 Å². The molecular weight excluding hydrogens is 240 g/mol. The van der Waals surface area contributed by atoms with Crippen LogP contribution in [0.2, 0.25) is 0 Å². The third-order valence-electron chi connectivity index (χ3n) is 2.33. The summed E-state index contributed by atoms with van der Waals surface area (Å²) in [7, 11) is 0. The SMILES string of the molecule is CC(C)C[C@H](NC(=O)N(CCO)CCO)C(=O)O. The van der Waals surface area contributed by atoms with Gasteiger partial charge in [0.25, 0.3) is 0 Å². The molecule has 0 aliphatic rings. The molecule has 2 amide bonds. The zero-order valence-corrected chi connectivity index (χ0v) is 10.8. The van der Waals surface area contributed by atoms with Crippen molar-refractivity contribution >= 4 is 12.0 Å². The monoisotopic (exact) mass is 262 g/mol. The van der Waals surface area contributed by atoms with Crippen molar-refractivity contribution < 1.29 is 24.9 Å². The van der Waals surface area contributed by atoms with Gasteiger partial charge in [0, 0.05) is 13.1 Å². The molecule has 1 atom stereocenters. The minimum Gasteiger partial charge on any atom is -0.480 e. The van der Waals surface area contributed by atoms with Gasteiger partial charge in [-0.05, 0) is 12.3 Å². The number of aliphatic hydroxyl groups is 2. The Hall–Kier alpha value is -1.34. The van der Waals surface area contributed by atoms with Crippen LogP contribution in [0.3, 0.4) is 0 Å². The number of hydrogen-bond donors (Lipinski definition) is 4. The first-order valence-electron chi connectivity index (χ1n) is 5.92. The first kappa shape index (κ1) is 16.7. The molecule has 7 nitrogen and oxygen atoms in total. The standard InChI is InChI=1S/C11H22N2O5/c1-8(2)7-9(10(16)17)12-11(18)13(3-5-14)4-6-15/h8-9,14-15H,3-7H2,1-2H3,(H,12,18)(H,16,17)/t9-/m0/s1. The number of carboxylic acids is 1. The normalized spacial score (nSPS) is 12.3. The number of nitrogens with one attached hydrogen (secondary N) is 1.